The van der Waals surface area contributed by atoms with Crippen molar-refractivity contribution in [3.63, 3.8) is 0 Å². The van der Waals surface area contributed by atoms with Crippen molar-refractivity contribution in [1.82, 2.24) is 54.3 Å². The highest BCUT2D eigenvalue weighted by molar-refractivity contribution is 6.28. The lowest BCUT2D eigenvalue weighted by atomic mass is 10.2. The van der Waals surface area contributed by atoms with Crippen LogP contribution >= 0.6 is 11.6 Å². The van der Waals surface area contributed by atoms with Crippen LogP contribution in [0.4, 0.5) is 29.2 Å². The topological polar surface area (TPSA) is 208 Å². The smallest absolute Gasteiger partial charge is 0.228 e. The highest BCUT2D eigenvalue weighted by Crippen LogP contribution is 2.41. The third-order valence-electron chi connectivity index (χ3n) is 10.8. The monoisotopic (exact) mass is 930 g/mol. The number of halogens is 1. The van der Waals surface area contributed by atoms with Gasteiger partial charge in [0.2, 0.25) is 22.7 Å². The molecule has 3 N–H and O–H groups in total. The molecule has 67 heavy (non-hydrogen) atoms. The van der Waals surface area contributed by atoms with E-state index in [1.54, 1.807) is 80.0 Å². The summed E-state index contributed by atoms with van der Waals surface area (Å²) < 4.78 is 36.2. The number of methoxy groups -OCH3 is 6. The van der Waals surface area contributed by atoms with Crippen LogP contribution in [0.1, 0.15) is 25.7 Å². The van der Waals surface area contributed by atoms with Gasteiger partial charge in [0.1, 0.15) is 35.3 Å². The van der Waals surface area contributed by atoms with E-state index in [4.69, 9.17) is 50.0 Å². The van der Waals surface area contributed by atoms with Gasteiger partial charge >= 0.3 is 0 Å². The second-order valence-corrected chi connectivity index (χ2v) is 15.3. The minimum Gasteiger partial charge on any atom is -0.493 e. The number of hydrogen-bond donors (Lipinski definition) is 3. The molecule has 6 aromatic heterocycles. The molecule has 0 saturated carbocycles. The van der Waals surface area contributed by atoms with E-state index in [9.17, 15) is 0 Å². The van der Waals surface area contributed by atoms with Crippen LogP contribution in [0.5, 0.6) is 34.5 Å². The molecule has 2 aliphatic rings. The maximum Gasteiger partial charge on any atom is 0.228 e. The maximum absolute atomic E-state index is 6.03. The average molecular weight is 931 g/mol. The maximum atomic E-state index is 6.03. The molecule has 21 heteroatoms. The SMILES string of the molecule is C1CCNC1.COc1cc(-n2cnc(Nc3nc(Cl)nc4cccnc34)c2)cc(OC)c1OC.COc1cc(-n2cnc(Nc3nc(N4CCCC4)nc4cccnc34)c2)cc(OC)c1OC. The molecule has 2 aromatic carbocycles. The first-order valence-electron chi connectivity index (χ1n) is 21.4. The largest absolute Gasteiger partial charge is 0.493 e. The van der Waals surface area contributed by atoms with Crippen molar-refractivity contribution in [1.29, 1.82) is 0 Å². The van der Waals surface area contributed by atoms with Gasteiger partial charge in [0.25, 0.3) is 0 Å². The van der Waals surface area contributed by atoms with Gasteiger partial charge in [0.15, 0.2) is 34.6 Å². The Kier molecular flexibility index (Phi) is 14.7. The zero-order chi connectivity index (χ0) is 46.7. The normalized spacial score (nSPS) is 13.0. The van der Waals surface area contributed by atoms with Crippen molar-refractivity contribution in [3.8, 4) is 45.9 Å². The highest BCUT2D eigenvalue weighted by atomic mass is 35.5. The lowest BCUT2D eigenvalue weighted by molar-refractivity contribution is 0.324. The van der Waals surface area contributed by atoms with Crippen LogP contribution in [-0.2, 0) is 0 Å². The number of anilines is 5. The van der Waals surface area contributed by atoms with Crippen molar-refractivity contribution in [2.24, 2.45) is 0 Å². The molecule has 348 valence electrons. The number of pyridine rings is 2. The van der Waals surface area contributed by atoms with Gasteiger partial charge in [-0.3, -0.25) is 9.97 Å². The summed E-state index contributed by atoms with van der Waals surface area (Å²) in [5.74, 6) is 6.26. The van der Waals surface area contributed by atoms with Gasteiger partial charge in [-0.25, -0.2) is 19.9 Å². The van der Waals surface area contributed by atoms with Crippen LogP contribution in [0.3, 0.4) is 0 Å². The van der Waals surface area contributed by atoms with Crippen LogP contribution in [0.2, 0.25) is 5.28 Å². The molecule has 20 nitrogen and oxygen atoms in total. The van der Waals surface area contributed by atoms with E-state index in [0.717, 1.165) is 42.8 Å². The van der Waals surface area contributed by atoms with Crippen molar-refractivity contribution in [2.75, 3.05) is 84.4 Å². The number of hydrogen-bond acceptors (Lipinski definition) is 18. The fourth-order valence-electron chi connectivity index (χ4n) is 7.48. The standard InChI is InChI=1S/C23H25N7O3.C19H17ClN6O3.C4H9N/c1-31-17-11-15(12-18(32-2)21(17)33-3)30-13-19(25-14-30)27-22-20-16(7-6-8-24-20)26-23(28-22)29-9-4-5-10-29;1-27-13-7-11(8-14(28-2)17(13)29-3)26-9-15(22-10-26)24-18-16-12(5-4-6-21-16)23-19(20)25-18;1-2-4-5-3-1/h6-8,11-14H,4-5,9-10H2,1-3H3,(H,26,27,28);4-10H,1-3H3,(H,23,24,25);5H,1-4H2. The molecule has 0 bridgehead atoms. The summed E-state index contributed by atoms with van der Waals surface area (Å²) in [6, 6.07) is 14.8. The Hall–Kier alpha value is -7.71. The van der Waals surface area contributed by atoms with Gasteiger partial charge in [0, 0.05) is 49.7 Å². The van der Waals surface area contributed by atoms with Crippen molar-refractivity contribution < 1.29 is 28.4 Å². The summed E-state index contributed by atoms with van der Waals surface area (Å²) in [5, 5.41) is 9.81. The molecule has 2 fully saturated rings. The van der Waals surface area contributed by atoms with E-state index < -0.39 is 0 Å². The number of ether oxygens (including phenoxy) is 6. The Morgan fingerprint density at radius 1 is 0.552 bits per heavy atom. The minimum absolute atomic E-state index is 0.122. The third-order valence-corrected chi connectivity index (χ3v) is 10.9. The summed E-state index contributed by atoms with van der Waals surface area (Å²) in [6.45, 7) is 4.42. The van der Waals surface area contributed by atoms with E-state index >= 15 is 0 Å². The third kappa shape index (κ3) is 10.6. The van der Waals surface area contributed by atoms with Crippen molar-refractivity contribution in [3.05, 3.63) is 91.3 Å². The van der Waals surface area contributed by atoms with Crippen molar-refractivity contribution in [2.45, 2.75) is 25.7 Å². The zero-order valence-electron chi connectivity index (χ0n) is 38.0. The van der Waals surface area contributed by atoms with Crippen molar-refractivity contribution >= 4 is 62.9 Å². The lowest BCUT2D eigenvalue weighted by Gasteiger charge is -2.17. The molecule has 0 amide bonds. The van der Waals surface area contributed by atoms with E-state index in [2.05, 4.69) is 50.8 Å². The van der Waals surface area contributed by atoms with E-state index in [0.29, 0.717) is 80.3 Å². The van der Waals surface area contributed by atoms with Crippen LogP contribution in [0.15, 0.2) is 86.0 Å². The fourth-order valence-corrected chi connectivity index (χ4v) is 7.66. The molecule has 8 aromatic rings. The van der Waals surface area contributed by atoms with Gasteiger partial charge in [-0.15, -0.1) is 0 Å². The van der Waals surface area contributed by atoms with Crippen LogP contribution in [0.25, 0.3) is 33.4 Å². The van der Waals surface area contributed by atoms with Gasteiger partial charge in [-0.2, -0.15) is 9.97 Å². The van der Waals surface area contributed by atoms with Crippen LogP contribution in [-0.4, -0.2) is 118 Å². The average Bonchev–Trinajstić information content (AvgIpc) is 4.24. The summed E-state index contributed by atoms with van der Waals surface area (Å²) >= 11 is 6.03. The molecular weight excluding hydrogens is 880 g/mol. The predicted molar refractivity (Wildman–Crippen MR) is 256 cm³/mol. The predicted octanol–water partition coefficient (Wildman–Crippen LogP) is 7.58. The molecule has 2 saturated heterocycles. The summed E-state index contributed by atoms with van der Waals surface area (Å²) in [6.07, 6.45) is 15.5. The number of nitrogens with zero attached hydrogens (tertiary/aromatic N) is 11. The molecule has 0 radical (unpaired) electrons. The molecular formula is C46H51ClN14O6. The van der Waals surface area contributed by atoms with Gasteiger partial charge in [0.05, 0.1) is 77.5 Å². The number of fused-ring (bicyclic) bond motifs is 2. The first-order chi connectivity index (χ1) is 32.8. The van der Waals surface area contributed by atoms with Crippen LogP contribution in [0, 0.1) is 0 Å². The van der Waals surface area contributed by atoms with Gasteiger partial charge in [-0.05, 0) is 74.6 Å². The lowest BCUT2D eigenvalue weighted by Crippen LogP contribution is -2.21. The Morgan fingerprint density at radius 3 is 1.45 bits per heavy atom. The molecule has 2 aliphatic heterocycles. The Bertz CT molecular complexity index is 2880. The first kappa shape index (κ1) is 45.8. The summed E-state index contributed by atoms with van der Waals surface area (Å²) in [4.78, 5) is 37.8. The number of rotatable bonds is 13. The number of imidazole rings is 2. The van der Waals surface area contributed by atoms with E-state index in [-0.39, 0.29) is 5.28 Å². The Morgan fingerprint density at radius 2 is 1.01 bits per heavy atom. The Labute approximate surface area is 391 Å². The zero-order valence-corrected chi connectivity index (χ0v) is 38.7. The number of aromatic nitrogens is 10. The van der Waals surface area contributed by atoms with E-state index in [1.807, 2.05) is 57.8 Å². The minimum atomic E-state index is 0.122. The van der Waals surface area contributed by atoms with Gasteiger partial charge in [-0.1, -0.05) is 0 Å². The summed E-state index contributed by atoms with van der Waals surface area (Å²) in [5.41, 5.74) is 4.32. The Balaban J connectivity index is 0.000000165. The molecule has 0 spiro atoms. The molecule has 0 aliphatic carbocycles. The summed E-state index contributed by atoms with van der Waals surface area (Å²) in [7, 11) is 9.46. The first-order valence-corrected chi connectivity index (χ1v) is 21.8. The molecule has 0 unspecified atom stereocenters. The van der Waals surface area contributed by atoms with E-state index in [1.165, 1.54) is 25.9 Å². The second kappa shape index (κ2) is 21.5. The van der Waals surface area contributed by atoms with Gasteiger partial charge < -0.3 is 58.4 Å². The molecule has 10 rings (SSSR count). The van der Waals surface area contributed by atoms with Crippen LogP contribution < -0.4 is 49.3 Å². The number of benzene rings is 2. The molecule has 0 atom stereocenters. The number of nitrogens with one attached hydrogen (secondary N) is 3. The highest BCUT2D eigenvalue weighted by Gasteiger charge is 2.20. The fraction of sp³-hybridized carbons (Fsp3) is 0.304. The molecule has 8 heterocycles. The second-order valence-electron chi connectivity index (χ2n) is 15.0. The quantitative estimate of drug-likeness (QED) is 0.0952.